The van der Waals surface area contributed by atoms with Crippen LogP contribution in [0.5, 0.6) is 5.75 Å². The maximum Gasteiger partial charge on any atom is 0.127 e. The van der Waals surface area contributed by atoms with Gasteiger partial charge in [-0.25, -0.2) is 0 Å². The van der Waals surface area contributed by atoms with Crippen molar-refractivity contribution in [3.8, 4) is 16.9 Å². The number of hydrogen-bond donors (Lipinski definition) is 2. The lowest BCUT2D eigenvalue weighted by Crippen LogP contribution is -2.38. The Labute approximate surface area is 149 Å². The molecule has 1 aliphatic heterocycles. The summed E-state index contributed by atoms with van der Waals surface area (Å²) in [5.41, 5.74) is 2.77. The molecular formula is C21H27NO3. The molecule has 0 spiro atoms. The predicted molar refractivity (Wildman–Crippen MR) is 99.6 cm³/mol. The predicted octanol–water partition coefficient (Wildman–Crippen LogP) is 3.07. The van der Waals surface area contributed by atoms with Crippen LogP contribution in [0, 0.1) is 0 Å². The number of para-hydroxylation sites is 1. The fourth-order valence-electron chi connectivity index (χ4n) is 3.41. The Hall–Kier alpha value is -1.88. The number of aliphatic hydroxyl groups excluding tert-OH is 2. The Balaban J connectivity index is 1.67. The van der Waals surface area contributed by atoms with Gasteiger partial charge in [-0.3, -0.25) is 0 Å². The Morgan fingerprint density at radius 3 is 2.36 bits per heavy atom. The van der Waals surface area contributed by atoms with Crippen LogP contribution in [0.4, 0.5) is 0 Å². The summed E-state index contributed by atoms with van der Waals surface area (Å²) in [6, 6.07) is 15.6. The van der Waals surface area contributed by atoms with Crippen LogP contribution in [-0.4, -0.2) is 47.5 Å². The second-order valence-electron chi connectivity index (χ2n) is 6.64. The lowest BCUT2D eigenvalue weighted by Gasteiger charge is -2.28. The van der Waals surface area contributed by atoms with Crippen molar-refractivity contribution in [3.05, 3.63) is 54.1 Å². The summed E-state index contributed by atoms with van der Waals surface area (Å²) < 4.78 is 5.94. The summed E-state index contributed by atoms with van der Waals surface area (Å²) in [7, 11) is 0. The minimum absolute atomic E-state index is 0.0118. The fourth-order valence-corrected chi connectivity index (χ4v) is 3.41. The highest BCUT2D eigenvalue weighted by Crippen LogP contribution is 2.32. The van der Waals surface area contributed by atoms with Crippen LogP contribution in [-0.2, 0) is 6.61 Å². The summed E-state index contributed by atoms with van der Waals surface area (Å²) in [5, 5.41) is 19.9. The van der Waals surface area contributed by atoms with Gasteiger partial charge < -0.3 is 19.8 Å². The van der Waals surface area contributed by atoms with Crippen LogP contribution >= 0.6 is 0 Å². The van der Waals surface area contributed by atoms with E-state index in [9.17, 15) is 10.2 Å². The van der Waals surface area contributed by atoms with E-state index < -0.39 is 6.10 Å². The molecule has 0 bridgehead atoms. The third kappa shape index (κ3) is 4.82. The van der Waals surface area contributed by atoms with Crippen molar-refractivity contribution in [1.82, 2.24) is 4.90 Å². The van der Waals surface area contributed by atoms with E-state index >= 15 is 0 Å². The van der Waals surface area contributed by atoms with Crippen molar-refractivity contribution < 1.29 is 14.9 Å². The summed E-state index contributed by atoms with van der Waals surface area (Å²) in [4.78, 5) is 2.31. The molecule has 1 saturated heterocycles. The lowest BCUT2D eigenvalue weighted by atomic mass is 9.99. The molecule has 1 atom stereocenters. The van der Waals surface area contributed by atoms with Gasteiger partial charge >= 0.3 is 0 Å². The maximum atomic E-state index is 10.3. The average Bonchev–Trinajstić information content (AvgIpc) is 2.67. The van der Waals surface area contributed by atoms with Crippen molar-refractivity contribution in [2.45, 2.75) is 32.0 Å². The third-order valence-electron chi connectivity index (χ3n) is 4.71. The topological polar surface area (TPSA) is 52.9 Å². The van der Waals surface area contributed by atoms with Crippen LogP contribution in [0.25, 0.3) is 11.1 Å². The molecule has 0 aromatic heterocycles. The number of piperidine rings is 1. The molecule has 0 saturated carbocycles. The highest BCUT2D eigenvalue weighted by Gasteiger charge is 2.16. The van der Waals surface area contributed by atoms with Gasteiger partial charge in [-0.05, 0) is 43.1 Å². The first kappa shape index (κ1) is 17.9. The van der Waals surface area contributed by atoms with Gasteiger partial charge in [0, 0.05) is 12.1 Å². The zero-order valence-corrected chi connectivity index (χ0v) is 14.6. The molecule has 1 unspecified atom stereocenters. The first-order chi connectivity index (χ1) is 12.3. The summed E-state index contributed by atoms with van der Waals surface area (Å²) in [6.45, 7) is 3.06. The first-order valence-electron chi connectivity index (χ1n) is 9.09. The number of likely N-dealkylation sites (tertiary alicyclic amines) is 1. The van der Waals surface area contributed by atoms with Gasteiger partial charge in [0.25, 0.3) is 0 Å². The molecule has 4 heteroatoms. The van der Waals surface area contributed by atoms with Gasteiger partial charge in [-0.1, -0.05) is 48.9 Å². The minimum Gasteiger partial charge on any atom is -0.490 e. The molecule has 1 fully saturated rings. The van der Waals surface area contributed by atoms with E-state index in [-0.39, 0.29) is 13.2 Å². The highest BCUT2D eigenvalue weighted by atomic mass is 16.5. The molecule has 0 aliphatic carbocycles. The van der Waals surface area contributed by atoms with Crippen molar-refractivity contribution >= 4 is 0 Å². The van der Waals surface area contributed by atoms with Crippen LogP contribution in [0.15, 0.2) is 48.5 Å². The number of aliphatic hydroxyl groups is 2. The second-order valence-corrected chi connectivity index (χ2v) is 6.64. The quantitative estimate of drug-likeness (QED) is 0.813. The normalized spacial score (nSPS) is 16.6. The molecule has 1 heterocycles. The van der Waals surface area contributed by atoms with Crippen LogP contribution in [0.1, 0.15) is 24.8 Å². The number of ether oxygens (including phenoxy) is 1. The Bertz CT molecular complexity index is 668. The largest absolute Gasteiger partial charge is 0.490 e. The Morgan fingerprint density at radius 2 is 1.60 bits per heavy atom. The molecule has 2 aromatic rings. The number of hydrogen-bond acceptors (Lipinski definition) is 4. The zero-order valence-electron chi connectivity index (χ0n) is 14.6. The molecule has 0 radical (unpaired) electrons. The van der Waals surface area contributed by atoms with Crippen LogP contribution < -0.4 is 4.74 Å². The fraction of sp³-hybridized carbons (Fsp3) is 0.429. The van der Waals surface area contributed by atoms with E-state index in [1.807, 2.05) is 48.5 Å². The Kier molecular flexibility index (Phi) is 6.45. The van der Waals surface area contributed by atoms with E-state index in [0.717, 1.165) is 35.5 Å². The average molecular weight is 341 g/mol. The third-order valence-corrected chi connectivity index (χ3v) is 4.71. The van der Waals surface area contributed by atoms with E-state index in [0.29, 0.717) is 6.54 Å². The molecule has 4 nitrogen and oxygen atoms in total. The molecule has 134 valence electrons. The van der Waals surface area contributed by atoms with Crippen molar-refractivity contribution in [2.75, 3.05) is 26.2 Å². The van der Waals surface area contributed by atoms with Gasteiger partial charge in [0.15, 0.2) is 0 Å². The number of β-amino-alcohol motifs (C(OH)–C–C–N with tert-alkyl or cyclic N) is 1. The van der Waals surface area contributed by atoms with Gasteiger partial charge in [-0.15, -0.1) is 0 Å². The number of rotatable bonds is 7. The lowest BCUT2D eigenvalue weighted by molar-refractivity contribution is 0.0619. The molecule has 1 aliphatic rings. The SMILES string of the molecule is OCc1ccccc1-c1ccccc1OCC(O)CN1CCCCC1. The minimum atomic E-state index is -0.501. The molecule has 3 rings (SSSR count). The zero-order chi connectivity index (χ0) is 17.5. The van der Waals surface area contributed by atoms with E-state index in [1.165, 1.54) is 19.3 Å². The molecule has 0 amide bonds. The second kappa shape index (κ2) is 8.99. The highest BCUT2D eigenvalue weighted by molar-refractivity contribution is 5.73. The molecular weight excluding hydrogens is 314 g/mol. The van der Waals surface area contributed by atoms with Crippen molar-refractivity contribution in [2.24, 2.45) is 0 Å². The van der Waals surface area contributed by atoms with E-state index in [2.05, 4.69) is 4.90 Å². The number of nitrogens with zero attached hydrogens (tertiary/aromatic N) is 1. The van der Waals surface area contributed by atoms with Gasteiger partial charge in [-0.2, -0.15) is 0 Å². The summed E-state index contributed by atoms with van der Waals surface area (Å²) in [5.74, 6) is 0.737. The molecule has 2 aromatic carbocycles. The van der Waals surface area contributed by atoms with Gasteiger partial charge in [0.05, 0.1) is 6.61 Å². The molecule has 2 N–H and O–H groups in total. The summed E-state index contributed by atoms with van der Waals surface area (Å²) in [6.07, 6.45) is 3.22. The first-order valence-corrected chi connectivity index (χ1v) is 9.09. The van der Waals surface area contributed by atoms with Crippen molar-refractivity contribution in [3.63, 3.8) is 0 Å². The van der Waals surface area contributed by atoms with E-state index in [4.69, 9.17) is 4.74 Å². The van der Waals surface area contributed by atoms with Crippen molar-refractivity contribution in [1.29, 1.82) is 0 Å². The monoisotopic (exact) mass is 341 g/mol. The number of benzene rings is 2. The molecule has 25 heavy (non-hydrogen) atoms. The standard InChI is InChI=1S/C21H27NO3/c23-15-17-8-2-3-9-19(17)20-10-4-5-11-21(20)25-16-18(24)14-22-12-6-1-7-13-22/h2-5,8-11,18,23-24H,1,6-7,12-16H2. The van der Waals surface area contributed by atoms with Crippen LogP contribution in [0.2, 0.25) is 0 Å². The maximum absolute atomic E-state index is 10.3. The van der Waals surface area contributed by atoms with E-state index in [1.54, 1.807) is 0 Å². The summed E-state index contributed by atoms with van der Waals surface area (Å²) >= 11 is 0. The van der Waals surface area contributed by atoms with Crippen LogP contribution in [0.3, 0.4) is 0 Å². The van der Waals surface area contributed by atoms with Gasteiger partial charge in [0.2, 0.25) is 0 Å². The smallest absolute Gasteiger partial charge is 0.127 e. The Morgan fingerprint density at radius 1 is 0.920 bits per heavy atom. The van der Waals surface area contributed by atoms with Gasteiger partial charge in [0.1, 0.15) is 18.5 Å².